The molecule has 136 valence electrons. The van der Waals surface area contributed by atoms with Crippen LogP contribution in [0.2, 0.25) is 0 Å². The van der Waals surface area contributed by atoms with Crippen molar-refractivity contribution in [2.24, 2.45) is 5.92 Å². The third-order valence-electron chi connectivity index (χ3n) is 4.06. The molecular formula is C19H26N2O4. The lowest BCUT2D eigenvalue weighted by Gasteiger charge is -2.30. The van der Waals surface area contributed by atoms with E-state index in [1.165, 1.54) is 0 Å². The Balaban J connectivity index is 1.87. The Labute approximate surface area is 148 Å². The Morgan fingerprint density at radius 1 is 1.08 bits per heavy atom. The predicted molar refractivity (Wildman–Crippen MR) is 95.2 cm³/mol. The first-order chi connectivity index (χ1) is 11.8. The van der Waals surface area contributed by atoms with Crippen molar-refractivity contribution < 1.29 is 19.1 Å². The number of nitrogens with one attached hydrogen (secondary N) is 1. The molecule has 6 heteroatoms. The Morgan fingerprint density at radius 3 is 2.12 bits per heavy atom. The van der Waals surface area contributed by atoms with Gasteiger partial charge in [0.15, 0.2) is 6.61 Å². The summed E-state index contributed by atoms with van der Waals surface area (Å²) < 4.78 is 5.12. The molecule has 1 aliphatic rings. The second-order valence-electron chi connectivity index (χ2n) is 6.91. The van der Waals surface area contributed by atoms with Crippen LogP contribution >= 0.6 is 0 Å². The number of carbonyl (C=O) groups is 3. The normalized spacial score (nSPS) is 13.7. The average molecular weight is 346 g/mol. The van der Waals surface area contributed by atoms with Crippen LogP contribution in [0, 0.1) is 5.92 Å². The molecule has 0 spiro atoms. The van der Waals surface area contributed by atoms with Crippen LogP contribution in [0.3, 0.4) is 0 Å². The average Bonchev–Trinajstić information content (AvgIpc) is 3.37. The minimum atomic E-state index is -0.555. The minimum absolute atomic E-state index is 0.0170. The van der Waals surface area contributed by atoms with Crippen LogP contribution in [0.25, 0.3) is 0 Å². The standard InChI is InChI=1S/C19H26N2O4/c1-12(2)21(13(3)4)17(22)11-25-19(24)15-7-9-16(10-8-15)20-18(23)14-5-6-14/h7-10,12-14H,5-6,11H2,1-4H3,(H,20,23). The lowest BCUT2D eigenvalue weighted by Crippen LogP contribution is -2.44. The van der Waals surface area contributed by atoms with Crippen LogP contribution in [0.15, 0.2) is 24.3 Å². The van der Waals surface area contributed by atoms with Gasteiger partial charge in [0.05, 0.1) is 5.56 Å². The van der Waals surface area contributed by atoms with E-state index in [-0.39, 0.29) is 36.4 Å². The van der Waals surface area contributed by atoms with E-state index in [9.17, 15) is 14.4 Å². The molecule has 0 heterocycles. The van der Waals surface area contributed by atoms with Crippen molar-refractivity contribution in [1.29, 1.82) is 0 Å². The molecule has 1 aromatic rings. The first-order valence-corrected chi connectivity index (χ1v) is 8.68. The van der Waals surface area contributed by atoms with E-state index in [0.717, 1.165) is 12.8 Å². The number of esters is 1. The molecule has 2 rings (SSSR count). The van der Waals surface area contributed by atoms with Crippen LogP contribution in [0.4, 0.5) is 5.69 Å². The molecule has 0 saturated heterocycles. The van der Waals surface area contributed by atoms with Gasteiger partial charge in [-0.15, -0.1) is 0 Å². The Morgan fingerprint density at radius 2 is 1.64 bits per heavy atom. The zero-order valence-electron chi connectivity index (χ0n) is 15.2. The number of hydrogen-bond donors (Lipinski definition) is 1. The third kappa shape index (κ3) is 5.31. The van der Waals surface area contributed by atoms with Crippen LogP contribution in [-0.4, -0.2) is 41.4 Å². The van der Waals surface area contributed by atoms with Gasteiger partial charge >= 0.3 is 5.97 Å². The van der Waals surface area contributed by atoms with Gasteiger partial charge in [-0.05, 0) is 64.8 Å². The molecular weight excluding hydrogens is 320 g/mol. The van der Waals surface area contributed by atoms with Crippen LogP contribution in [0.1, 0.15) is 50.9 Å². The number of hydrogen-bond acceptors (Lipinski definition) is 4. The van der Waals surface area contributed by atoms with Crippen molar-refractivity contribution in [3.05, 3.63) is 29.8 Å². The predicted octanol–water partition coefficient (Wildman–Crippen LogP) is 2.84. The lowest BCUT2D eigenvalue weighted by atomic mass is 10.2. The zero-order chi connectivity index (χ0) is 18.6. The monoisotopic (exact) mass is 346 g/mol. The smallest absolute Gasteiger partial charge is 0.338 e. The van der Waals surface area contributed by atoms with Crippen LogP contribution in [-0.2, 0) is 14.3 Å². The molecule has 1 saturated carbocycles. The van der Waals surface area contributed by atoms with Gasteiger partial charge in [-0.2, -0.15) is 0 Å². The number of benzene rings is 1. The number of carbonyl (C=O) groups excluding carboxylic acids is 3. The topological polar surface area (TPSA) is 75.7 Å². The van der Waals surface area contributed by atoms with Crippen molar-refractivity contribution in [2.75, 3.05) is 11.9 Å². The largest absolute Gasteiger partial charge is 0.452 e. The maximum atomic E-state index is 12.2. The van der Waals surface area contributed by atoms with Crippen molar-refractivity contribution in [2.45, 2.75) is 52.6 Å². The van der Waals surface area contributed by atoms with Gasteiger partial charge in [0.25, 0.3) is 5.91 Å². The Hall–Kier alpha value is -2.37. The molecule has 1 fully saturated rings. The first-order valence-electron chi connectivity index (χ1n) is 8.68. The fourth-order valence-electron chi connectivity index (χ4n) is 2.74. The molecule has 0 radical (unpaired) electrons. The van der Waals surface area contributed by atoms with E-state index in [1.54, 1.807) is 29.2 Å². The van der Waals surface area contributed by atoms with Gasteiger partial charge in [-0.1, -0.05) is 0 Å². The second-order valence-corrected chi connectivity index (χ2v) is 6.91. The number of amides is 2. The molecule has 0 atom stereocenters. The van der Waals surface area contributed by atoms with E-state index in [0.29, 0.717) is 11.3 Å². The van der Waals surface area contributed by atoms with E-state index < -0.39 is 5.97 Å². The lowest BCUT2D eigenvalue weighted by molar-refractivity contribution is -0.138. The highest BCUT2D eigenvalue weighted by atomic mass is 16.5. The first kappa shape index (κ1) is 19.0. The van der Waals surface area contributed by atoms with Gasteiger partial charge in [-0.3, -0.25) is 9.59 Å². The summed E-state index contributed by atoms with van der Waals surface area (Å²) in [5, 5.41) is 2.81. The summed E-state index contributed by atoms with van der Waals surface area (Å²) in [4.78, 5) is 37.7. The number of ether oxygens (including phenoxy) is 1. The third-order valence-corrected chi connectivity index (χ3v) is 4.06. The molecule has 0 unspecified atom stereocenters. The van der Waals surface area contributed by atoms with Gasteiger partial charge in [0.2, 0.25) is 5.91 Å². The molecule has 0 aliphatic heterocycles. The summed E-state index contributed by atoms with van der Waals surface area (Å²) in [6.45, 7) is 7.42. The molecule has 1 aromatic carbocycles. The SMILES string of the molecule is CC(C)N(C(=O)COC(=O)c1ccc(NC(=O)C2CC2)cc1)C(C)C. The van der Waals surface area contributed by atoms with Gasteiger partial charge in [0.1, 0.15) is 0 Å². The van der Waals surface area contributed by atoms with Crippen molar-refractivity contribution in [3.63, 3.8) is 0 Å². The fraction of sp³-hybridized carbons (Fsp3) is 0.526. The number of rotatable bonds is 7. The zero-order valence-corrected chi connectivity index (χ0v) is 15.2. The molecule has 0 bridgehead atoms. The number of nitrogens with zero attached hydrogens (tertiary/aromatic N) is 1. The molecule has 1 N–H and O–H groups in total. The Bertz CT molecular complexity index is 625. The van der Waals surface area contributed by atoms with E-state index >= 15 is 0 Å². The molecule has 0 aromatic heterocycles. The molecule has 25 heavy (non-hydrogen) atoms. The minimum Gasteiger partial charge on any atom is -0.452 e. The van der Waals surface area contributed by atoms with Crippen molar-refractivity contribution in [3.8, 4) is 0 Å². The van der Waals surface area contributed by atoms with Crippen LogP contribution in [0.5, 0.6) is 0 Å². The highest BCUT2D eigenvalue weighted by Gasteiger charge is 2.29. The number of anilines is 1. The quantitative estimate of drug-likeness (QED) is 0.770. The summed E-state index contributed by atoms with van der Waals surface area (Å²) in [6.07, 6.45) is 1.88. The fourth-order valence-corrected chi connectivity index (χ4v) is 2.74. The van der Waals surface area contributed by atoms with Gasteiger partial charge < -0.3 is 15.0 Å². The highest BCUT2D eigenvalue weighted by molar-refractivity contribution is 5.95. The molecule has 1 aliphatic carbocycles. The maximum absolute atomic E-state index is 12.2. The van der Waals surface area contributed by atoms with Gasteiger partial charge in [-0.25, -0.2) is 4.79 Å². The Kier molecular flexibility index (Phi) is 6.17. The summed E-state index contributed by atoms with van der Waals surface area (Å²) in [5.74, 6) is -0.628. The van der Waals surface area contributed by atoms with Crippen LogP contribution < -0.4 is 5.32 Å². The molecule has 6 nitrogen and oxygen atoms in total. The second kappa shape index (κ2) is 8.14. The summed E-state index contributed by atoms with van der Waals surface area (Å²) in [7, 11) is 0. The van der Waals surface area contributed by atoms with E-state index in [4.69, 9.17) is 4.74 Å². The van der Waals surface area contributed by atoms with E-state index in [1.807, 2.05) is 27.7 Å². The van der Waals surface area contributed by atoms with Gasteiger partial charge in [0, 0.05) is 23.7 Å². The van der Waals surface area contributed by atoms with E-state index in [2.05, 4.69) is 5.32 Å². The summed E-state index contributed by atoms with van der Waals surface area (Å²) in [6, 6.07) is 6.57. The highest BCUT2D eigenvalue weighted by Crippen LogP contribution is 2.30. The van der Waals surface area contributed by atoms with Crippen molar-refractivity contribution in [1.82, 2.24) is 4.90 Å². The maximum Gasteiger partial charge on any atom is 0.338 e. The summed E-state index contributed by atoms with van der Waals surface area (Å²) >= 11 is 0. The van der Waals surface area contributed by atoms with Crippen molar-refractivity contribution >= 4 is 23.5 Å². The molecule has 2 amide bonds. The summed E-state index contributed by atoms with van der Waals surface area (Å²) in [5.41, 5.74) is 0.994.